The molecule has 0 spiro atoms. The number of aromatic amines is 1. The number of aryl methyl sites for hydroxylation is 2. The molecule has 0 saturated carbocycles. The Labute approximate surface area is 232 Å². The minimum absolute atomic E-state index is 0.184. The highest BCUT2D eigenvalue weighted by Crippen LogP contribution is 2.31. The van der Waals surface area contributed by atoms with E-state index in [1.807, 2.05) is 55.6 Å². The Hall–Kier alpha value is -4.41. The second-order valence-corrected chi connectivity index (χ2v) is 9.87. The predicted octanol–water partition coefficient (Wildman–Crippen LogP) is 3.97. The Kier molecular flexibility index (Phi) is 8.28. The number of tetrazole rings is 1. The van der Waals surface area contributed by atoms with Crippen molar-refractivity contribution in [1.29, 1.82) is 0 Å². The van der Waals surface area contributed by atoms with Gasteiger partial charge in [0.1, 0.15) is 11.8 Å². The van der Waals surface area contributed by atoms with Crippen molar-refractivity contribution in [3.05, 3.63) is 111 Å². The number of fused-ring (bicyclic) bond motifs is 1. The molecule has 5 aromatic rings. The van der Waals surface area contributed by atoms with Crippen molar-refractivity contribution in [2.24, 2.45) is 0 Å². The summed E-state index contributed by atoms with van der Waals surface area (Å²) in [5.41, 5.74) is 5.39. The molecule has 10 heteroatoms. The minimum Gasteiger partial charge on any atom is -0.497 e. The fourth-order valence-corrected chi connectivity index (χ4v) is 5.08. The van der Waals surface area contributed by atoms with Crippen molar-refractivity contribution in [3.63, 3.8) is 0 Å². The number of hydrogen-bond acceptors (Lipinski definition) is 8. The highest BCUT2D eigenvalue weighted by atomic mass is 16.5. The first-order valence-corrected chi connectivity index (χ1v) is 13.1. The summed E-state index contributed by atoms with van der Waals surface area (Å²) in [5, 5.41) is 13.7. The van der Waals surface area contributed by atoms with Gasteiger partial charge >= 0.3 is 0 Å². The highest BCUT2D eigenvalue weighted by molar-refractivity contribution is 5.83. The second kappa shape index (κ2) is 12.2. The van der Waals surface area contributed by atoms with Crippen LogP contribution in [0.2, 0.25) is 0 Å². The van der Waals surface area contributed by atoms with Crippen LogP contribution in [-0.4, -0.2) is 55.9 Å². The van der Waals surface area contributed by atoms with Gasteiger partial charge < -0.3 is 14.5 Å². The number of aromatic nitrogens is 6. The summed E-state index contributed by atoms with van der Waals surface area (Å²) in [7, 11) is 3.29. The molecule has 0 radical (unpaired) electrons. The molecule has 0 fully saturated rings. The smallest absolute Gasteiger partial charge is 0.253 e. The Balaban J connectivity index is 1.69. The van der Waals surface area contributed by atoms with Crippen LogP contribution in [0.25, 0.3) is 10.9 Å². The van der Waals surface area contributed by atoms with Crippen LogP contribution < -0.4 is 10.3 Å². The molecule has 1 N–H and O–H groups in total. The molecule has 0 aliphatic rings. The van der Waals surface area contributed by atoms with Crippen LogP contribution >= 0.6 is 0 Å². The Morgan fingerprint density at radius 3 is 2.55 bits per heavy atom. The van der Waals surface area contributed by atoms with E-state index in [1.165, 1.54) is 0 Å². The number of nitrogens with one attached hydrogen (secondary N) is 1. The molecule has 3 aromatic heterocycles. The van der Waals surface area contributed by atoms with Crippen molar-refractivity contribution in [3.8, 4) is 5.75 Å². The van der Waals surface area contributed by atoms with Crippen LogP contribution in [0.3, 0.4) is 0 Å². The fourth-order valence-electron chi connectivity index (χ4n) is 5.08. The molecule has 0 bridgehead atoms. The number of benzene rings is 2. The van der Waals surface area contributed by atoms with Gasteiger partial charge in [0.25, 0.3) is 5.56 Å². The summed E-state index contributed by atoms with van der Waals surface area (Å²) < 4.78 is 12.4. The zero-order valence-corrected chi connectivity index (χ0v) is 23.2. The third-order valence-corrected chi connectivity index (χ3v) is 6.95. The van der Waals surface area contributed by atoms with Crippen molar-refractivity contribution in [1.82, 2.24) is 35.1 Å². The molecule has 1 atom stereocenters. The van der Waals surface area contributed by atoms with E-state index >= 15 is 0 Å². The first-order chi connectivity index (χ1) is 19.5. The molecule has 1 unspecified atom stereocenters. The maximum absolute atomic E-state index is 13.8. The molecule has 10 nitrogen and oxygen atoms in total. The van der Waals surface area contributed by atoms with Gasteiger partial charge in [-0.1, -0.05) is 29.8 Å². The third-order valence-electron chi connectivity index (χ3n) is 6.95. The average molecular weight is 540 g/mol. The highest BCUT2D eigenvalue weighted by Gasteiger charge is 2.31. The number of rotatable bonds is 11. The van der Waals surface area contributed by atoms with E-state index in [-0.39, 0.29) is 5.56 Å². The monoisotopic (exact) mass is 539 g/mol. The van der Waals surface area contributed by atoms with Gasteiger partial charge in [-0.2, -0.15) is 0 Å². The van der Waals surface area contributed by atoms with Gasteiger partial charge in [0.2, 0.25) is 0 Å². The first-order valence-electron chi connectivity index (χ1n) is 13.1. The van der Waals surface area contributed by atoms with Gasteiger partial charge in [-0.25, -0.2) is 4.68 Å². The summed E-state index contributed by atoms with van der Waals surface area (Å²) in [6.07, 6.45) is 3.59. The van der Waals surface area contributed by atoms with Crippen LogP contribution in [0.5, 0.6) is 5.75 Å². The fraction of sp³-hybridized carbons (Fsp3) is 0.300. The third kappa shape index (κ3) is 5.93. The molecular formula is C30H33N7O3. The molecule has 0 amide bonds. The summed E-state index contributed by atoms with van der Waals surface area (Å²) in [6.45, 7) is 5.96. The van der Waals surface area contributed by atoms with Gasteiger partial charge in [0.05, 0.1) is 25.8 Å². The molecule has 206 valence electrons. The largest absolute Gasteiger partial charge is 0.497 e. The van der Waals surface area contributed by atoms with E-state index < -0.39 is 6.04 Å². The van der Waals surface area contributed by atoms with Crippen LogP contribution in [0.1, 0.15) is 39.7 Å². The molecule has 5 rings (SSSR count). The SMILES string of the molecule is COCCn1nnnc1C(c1cc2cc(C)cc(C)c2[nH]c1=O)N(Cc1ccc(OC)cc1)Cc1cccnc1. The molecule has 0 aliphatic heterocycles. The standard InChI is InChI=1S/C30H33N7O3/c1-20-14-21(2)27-24(15-20)16-26(30(38)32-27)28(29-33-34-35-37(29)12-13-39-3)36(19-23-6-5-11-31-17-23)18-22-7-9-25(40-4)10-8-22/h5-11,14-17,28H,12-13,18-19H2,1-4H3,(H,32,38). The molecule has 2 aromatic carbocycles. The lowest BCUT2D eigenvalue weighted by molar-refractivity contribution is 0.169. The van der Waals surface area contributed by atoms with E-state index in [0.717, 1.165) is 38.9 Å². The van der Waals surface area contributed by atoms with E-state index in [1.54, 1.807) is 25.1 Å². The van der Waals surface area contributed by atoms with E-state index in [4.69, 9.17) is 9.47 Å². The maximum atomic E-state index is 13.8. The van der Waals surface area contributed by atoms with Crippen molar-refractivity contribution in [2.75, 3.05) is 20.8 Å². The van der Waals surface area contributed by atoms with E-state index in [9.17, 15) is 4.79 Å². The van der Waals surface area contributed by atoms with Gasteiger partial charge in [-0.05, 0) is 76.7 Å². The first kappa shape index (κ1) is 27.2. The summed E-state index contributed by atoms with van der Waals surface area (Å²) in [5.74, 6) is 1.34. The van der Waals surface area contributed by atoms with Crippen molar-refractivity contribution in [2.45, 2.75) is 39.5 Å². The minimum atomic E-state index is -0.567. The van der Waals surface area contributed by atoms with Gasteiger partial charge in [-0.3, -0.25) is 14.7 Å². The summed E-state index contributed by atoms with van der Waals surface area (Å²) in [4.78, 5) is 23.5. The lowest BCUT2D eigenvalue weighted by atomic mass is 9.99. The molecule has 3 heterocycles. The topological polar surface area (TPSA) is 111 Å². The average Bonchev–Trinajstić information content (AvgIpc) is 3.41. The zero-order valence-electron chi connectivity index (χ0n) is 23.2. The predicted molar refractivity (Wildman–Crippen MR) is 152 cm³/mol. The Morgan fingerprint density at radius 2 is 1.82 bits per heavy atom. The number of methoxy groups -OCH3 is 2. The number of hydrogen-bond donors (Lipinski definition) is 1. The Morgan fingerprint density at radius 1 is 1.02 bits per heavy atom. The molecule has 0 aliphatic carbocycles. The lowest BCUT2D eigenvalue weighted by Crippen LogP contribution is -2.35. The van der Waals surface area contributed by atoms with E-state index in [2.05, 4.69) is 49.4 Å². The van der Waals surface area contributed by atoms with Gasteiger partial charge in [0, 0.05) is 38.2 Å². The molecular weight excluding hydrogens is 506 g/mol. The number of nitrogens with zero attached hydrogens (tertiary/aromatic N) is 6. The van der Waals surface area contributed by atoms with Crippen molar-refractivity contribution < 1.29 is 9.47 Å². The van der Waals surface area contributed by atoms with E-state index in [0.29, 0.717) is 37.6 Å². The second-order valence-electron chi connectivity index (χ2n) is 9.87. The quantitative estimate of drug-likeness (QED) is 0.268. The van der Waals surface area contributed by atoms with Crippen molar-refractivity contribution >= 4 is 10.9 Å². The number of H-pyrrole nitrogens is 1. The Bertz CT molecular complexity index is 1630. The van der Waals surface area contributed by atoms with Crippen LogP contribution in [0.4, 0.5) is 0 Å². The van der Waals surface area contributed by atoms with Gasteiger partial charge in [-0.15, -0.1) is 5.10 Å². The number of pyridine rings is 2. The number of ether oxygens (including phenoxy) is 2. The van der Waals surface area contributed by atoms with Crippen LogP contribution in [0, 0.1) is 13.8 Å². The normalized spacial score (nSPS) is 12.2. The summed E-state index contributed by atoms with van der Waals surface area (Å²) >= 11 is 0. The maximum Gasteiger partial charge on any atom is 0.253 e. The van der Waals surface area contributed by atoms with Gasteiger partial charge in [0.15, 0.2) is 5.82 Å². The van der Waals surface area contributed by atoms with Crippen LogP contribution in [0.15, 0.2) is 71.8 Å². The zero-order chi connectivity index (χ0) is 28.1. The van der Waals surface area contributed by atoms with Crippen LogP contribution in [-0.2, 0) is 24.4 Å². The molecule has 40 heavy (non-hydrogen) atoms. The molecule has 0 saturated heterocycles. The summed E-state index contributed by atoms with van der Waals surface area (Å²) in [6, 6.07) is 17.4. The lowest BCUT2D eigenvalue weighted by Gasteiger charge is -2.31.